The number of nitrogens with zero attached hydrogens (tertiary/aromatic N) is 2. The topological polar surface area (TPSA) is 87.8 Å². The number of halogens is 1. The monoisotopic (exact) mass is 480 g/mol. The Kier molecular flexibility index (Phi) is 9.15. The molecule has 1 unspecified atom stereocenters. The van der Waals surface area contributed by atoms with Gasteiger partial charge in [-0.3, -0.25) is 0 Å². The lowest BCUT2D eigenvalue weighted by molar-refractivity contribution is 0.281. The van der Waals surface area contributed by atoms with Crippen LogP contribution in [0.2, 0.25) is 0 Å². The van der Waals surface area contributed by atoms with Crippen LogP contribution in [0.15, 0.2) is 34.2 Å². The summed E-state index contributed by atoms with van der Waals surface area (Å²) in [7, 11) is -3.39. The third kappa shape index (κ3) is 6.41. The van der Waals surface area contributed by atoms with Gasteiger partial charge in [0.25, 0.3) is 0 Å². The highest BCUT2D eigenvalue weighted by Crippen LogP contribution is 2.23. The molecule has 0 bridgehead atoms. The summed E-state index contributed by atoms with van der Waals surface area (Å²) in [4.78, 5) is 4.60. The van der Waals surface area contributed by atoms with Gasteiger partial charge in [-0.1, -0.05) is 26.0 Å². The third-order valence-corrected chi connectivity index (χ3v) is 6.05. The van der Waals surface area contributed by atoms with Gasteiger partial charge in [0.15, 0.2) is 5.96 Å². The molecule has 3 N–H and O–H groups in total. The number of hydrogen-bond acceptors (Lipinski definition) is 3. The predicted octanol–water partition coefficient (Wildman–Crippen LogP) is 2.54. The highest BCUT2D eigenvalue weighted by Gasteiger charge is 2.28. The van der Waals surface area contributed by atoms with E-state index in [-0.39, 0.29) is 24.0 Å². The average Bonchev–Trinajstić information content (AvgIpc) is 2.58. The lowest BCUT2D eigenvalue weighted by atomic mass is 10.0. The highest BCUT2D eigenvalue weighted by molar-refractivity contribution is 14.0. The minimum absolute atomic E-state index is 0. The van der Waals surface area contributed by atoms with Crippen molar-refractivity contribution in [3.8, 4) is 0 Å². The van der Waals surface area contributed by atoms with E-state index in [1.807, 2.05) is 0 Å². The van der Waals surface area contributed by atoms with Crippen molar-refractivity contribution in [2.24, 2.45) is 16.6 Å². The molecule has 8 heteroatoms. The van der Waals surface area contributed by atoms with E-state index in [4.69, 9.17) is 5.73 Å². The smallest absolute Gasteiger partial charge is 0.243 e. The summed E-state index contributed by atoms with van der Waals surface area (Å²) in [6.07, 6.45) is 3.01. The van der Waals surface area contributed by atoms with Gasteiger partial charge < -0.3 is 11.1 Å². The second-order valence-corrected chi connectivity index (χ2v) is 8.32. The van der Waals surface area contributed by atoms with Crippen molar-refractivity contribution >= 4 is 40.0 Å². The van der Waals surface area contributed by atoms with Crippen molar-refractivity contribution < 1.29 is 8.42 Å². The summed E-state index contributed by atoms with van der Waals surface area (Å²) < 4.78 is 27.0. The van der Waals surface area contributed by atoms with E-state index in [0.717, 1.165) is 31.4 Å². The fourth-order valence-corrected chi connectivity index (χ4v) is 4.36. The summed E-state index contributed by atoms with van der Waals surface area (Å²) in [5, 5.41) is 3.01. The molecule has 1 aliphatic heterocycles. The minimum atomic E-state index is -3.39. The molecule has 0 spiro atoms. The molecule has 1 aromatic rings. The van der Waals surface area contributed by atoms with Crippen LogP contribution in [0.25, 0.3) is 0 Å². The number of benzene rings is 1. The first kappa shape index (κ1) is 22.2. The lowest BCUT2D eigenvalue weighted by Crippen LogP contribution is -2.39. The Labute approximate surface area is 168 Å². The molecule has 1 saturated heterocycles. The standard InChI is InChI=1S/C17H28N4O2S.HI/c1-3-10-19-17(18)20-12-15-6-8-16(9-7-15)24(22,23)21-11-4-5-14(2)13-21;/h6-9,14H,3-5,10-13H2,1-2H3,(H3,18,19,20);1H. The van der Waals surface area contributed by atoms with Gasteiger partial charge in [0, 0.05) is 19.6 Å². The van der Waals surface area contributed by atoms with Crippen molar-refractivity contribution in [1.82, 2.24) is 9.62 Å². The van der Waals surface area contributed by atoms with E-state index < -0.39 is 10.0 Å². The molecule has 1 atom stereocenters. The van der Waals surface area contributed by atoms with E-state index in [0.29, 0.717) is 36.4 Å². The zero-order valence-electron chi connectivity index (χ0n) is 14.9. The maximum Gasteiger partial charge on any atom is 0.243 e. The molecule has 0 amide bonds. The Hall–Kier alpha value is -0.870. The molecule has 2 rings (SSSR count). The van der Waals surface area contributed by atoms with Crippen molar-refractivity contribution in [2.75, 3.05) is 19.6 Å². The molecule has 142 valence electrons. The van der Waals surface area contributed by atoms with Crippen LogP contribution in [-0.2, 0) is 16.6 Å². The van der Waals surface area contributed by atoms with Crippen molar-refractivity contribution in [2.45, 2.75) is 44.6 Å². The maximum absolute atomic E-state index is 12.7. The molecular weight excluding hydrogens is 451 g/mol. The number of rotatable bonds is 6. The summed E-state index contributed by atoms with van der Waals surface area (Å²) in [5.74, 6) is 0.830. The van der Waals surface area contributed by atoms with E-state index in [1.165, 1.54) is 0 Å². The largest absolute Gasteiger partial charge is 0.370 e. The molecule has 1 aromatic carbocycles. The van der Waals surface area contributed by atoms with Crippen LogP contribution in [0, 0.1) is 5.92 Å². The second kappa shape index (κ2) is 10.3. The van der Waals surface area contributed by atoms with Gasteiger partial charge in [0.05, 0.1) is 11.4 Å². The van der Waals surface area contributed by atoms with Crippen molar-refractivity contribution in [1.29, 1.82) is 0 Å². The minimum Gasteiger partial charge on any atom is -0.370 e. The molecule has 25 heavy (non-hydrogen) atoms. The third-order valence-electron chi connectivity index (χ3n) is 4.17. The first-order valence-corrected chi connectivity index (χ1v) is 10.0. The number of sulfonamides is 1. The first-order chi connectivity index (χ1) is 11.4. The molecule has 6 nitrogen and oxygen atoms in total. The molecule has 0 aliphatic carbocycles. The zero-order valence-corrected chi connectivity index (χ0v) is 18.1. The predicted molar refractivity (Wildman–Crippen MR) is 113 cm³/mol. The Balaban J connectivity index is 0.00000312. The normalized spacial score (nSPS) is 19.3. The zero-order chi connectivity index (χ0) is 17.6. The quantitative estimate of drug-likeness (QED) is 0.372. The Morgan fingerprint density at radius 1 is 1.36 bits per heavy atom. The molecule has 0 saturated carbocycles. The van der Waals surface area contributed by atoms with Gasteiger partial charge in [0.1, 0.15) is 0 Å². The molecule has 1 heterocycles. The Morgan fingerprint density at radius 2 is 2.04 bits per heavy atom. The number of guanidine groups is 1. The van der Waals surface area contributed by atoms with Crippen LogP contribution in [0.1, 0.15) is 38.7 Å². The Morgan fingerprint density at radius 3 is 2.64 bits per heavy atom. The van der Waals surface area contributed by atoms with Crippen molar-refractivity contribution in [3.63, 3.8) is 0 Å². The fourth-order valence-electron chi connectivity index (χ4n) is 2.77. The average molecular weight is 480 g/mol. The van der Waals surface area contributed by atoms with E-state index in [1.54, 1.807) is 28.6 Å². The van der Waals surface area contributed by atoms with Gasteiger partial charge in [-0.25, -0.2) is 13.4 Å². The van der Waals surface area contributed by atoms with E-state index in [9.17, 15) is 8.42 Å². The number of aliphatic imine (C=N–C) groups is 1. The molecular formula is C17H29IN4O2S. The van der Waals surface area contributed by atoms with Gasteiger partial charge in [-0.15, -0.1) is 24.0 Å². The summed E-state index contributed by atoms with van der Waals surface area (Å²) in [5.41, 5.74) is 6.69. The van der Waals surface area contributed by atoms with Crippen LogP contribution in [-0.4, -0.2) is 38.3 Å². The van der Waals surface area contributed by atoms with E-state index >= 15 is 0 Å². The van der Waals surface area contributed by atoms with Crippen LogP contribution in [0.3, 0.4) is 0 Å². The van der Waals surface area contributed by atoms with E-state index in [2.05, 4.69) is 24.2 Å². The number of nitrogens with two attached hydrogens (primary N) is 1. The van der Waals surface area contributed by atoms with Crippen LogP contribution < -0.4 is 11.1 Å². The number of hydrogen-bond donors (Lipinski definition) is 2. The molecule has 1 aliphatic rings. The summed E-state index contributed by atoms with van der Waals surface area (Å²) >= 11 is 0. The lowest BCUT2D eigenvalue weighted by Gasteiger charge is -2.30. The van der Waals surface area contributed by atoms with Crippen molar-refractivity contribution in [3.05, 3.63) is 29.8 Å². The number of piperidine rings is 1. The first-order valence-electron chi connectivity index (χ1n) is 8.56. The van der Waals surface area contributed by atoms with Crippen LogP contribution in [0.4, 0.5) is 0 Å². The SMILES string of the molecule is CCCNC(N)=NCc1ccc(S(=O)(=O)N2CCCC(C)C2)cc1.I. The molecule has 0 aromatic heterocycles. The molecule has 0 radical (unpaired) electrons. The highest BCUT2D eigenvalue weighted by atomic mass is 127. The molecule has 1 fully saturated rings. The van der Waals surface area contributed by atoms with Gasteiger partial charge in [-0.05, 0) is 42.9 Å². The fraction of sp³-hybridized carbons (Fsp3) is 0.588. The van der Waals surface area contributed by atoms with Crippen LogP contribution >= 0.6 is 24.0 Å². The Bertz CT molecular complexity index is 662. The van der Waals surface area contributed by atoms with Gasteiger partial charge in [-0.2, -0.15) is 4.31 Å². The van der Waals surface area contributed by atoms with Gasteiger partial charge >= 0.3 is 0 Å². The maximum atomic E-state index is 12.7. The van der Waals surface area contributed by atoms with Crippen LogP contribution in [0.5, 0.6) is 0 Å². The van der Waals surface area contributed by atoms with Gasteiger partial charge in [0.2, 0.25) is 10.0 Å². The summed E-state index contributed by atoms with van der Waals surface area (Å²) in [6.45, 7) is 6.60. The second-order valence-electron chi connectivity index (χ2n) is 6.38. The summed E-state index contributed by atoms with van der Waals surface area (Å²) in [6, 6.07) is 6.93. The number of nitrogens with one attached hydrogen (secondary N) is 1.